The average molecular weight is 545 g/mol. The number of carbonyl (C=O) groups is 1. The quantitative estimate of drug-likeness (QED) is 0.139. The Morgan fingerprint density at radius 1 is 0.854 bits per heavy atom. The van der Waals surface area contributed by atoms with Gasteiger partial charge in [-0.25, -0.2) is 9.78 Å². The van der Waals surface area contributed by atoms with Gasteiger partial charge in [0.2, 0.25) is 5.89 Å². The maximum absolute atomic E-state index is 12.0. The topological polar surface area (TPSA) is 94.2 Å². The second kappa shape index (κ2) is 12.6. The Balaban J connectivity index is 1.20. The van der Waals surface area contributed by atoms with Crippen LogP contribution in [0.1, 0.15) is 33.7 Å². The first kappa shape index (κ1) is 27.1. The monoisotopic (exact) mass is 544 g/mol. The smallest absolute Gasteiger partial charge is 0.358 e. The van der Waals surface area contributed by atoms with Crippen molar-refractivity contribution in [3.8, 4) is 17.2 Å². The highest BCUT2D eigenvalue weighted by molar-refractivity contribution is 6.42. The largest absolute Gasteiger partial charge is 0.487 e. The van der Waals surface area contributed by atoms with Crippen LogP contribution in [-0.4, -0.2) is 21.8 Å². The van der Waals surface area contributed by atoms with Crippen molar-refractivity contribution in [1.82, 2.24) is 4.98 Å². The normalized spacial score (nSPS) is 11.2. The van der Waals surface area contributed by atoms with E-state index in [0.717, 1.165) is 33.5 Å². The molecule has 0 bridgehead atoms. The average Bonchev–Trinajstić information content (AvgIpc) is 3.39. The minimum Gasteiger partial charge on any atom is -0.487 e. The number of carboxylic acids is 1. The number of aryl methyl sites for hydroxylation is 1. The van der Waals surface area contributed by atoms with Crippen LogP contribution in [0.3, 0.4) is 0 Å². The molecular weight excluding hydrogens is 516 g/mol. The predicted octanol–water partition coefficient (Wildman–Crippen LogP) is 7.30. The molecule has 0 fully saturated rings. The molecule has 0 unspecified atom stereocenters. The van der Waals surface area contributed by atoms with Crippen LogP contribution in [0.4, 0.5) is 0 Å². The van der Waals surface area contributed by atoms with Crippen LogP contribution < -0.4 is 4.74 Å². The molecule has 5 rings (SSSR count). The lowest BCUT2D eigenvalue weighted by Gasteiger charge is -2.09. The number of nitrogens with zero attached hydrogens (tertiary/aromatic N) is 2. The van der Waals surface area contributed by atoms with Gasteiger partial charge < -0.3 is 19.1 Å². The first-order valence-corrected chi connectivity index (χ1v) is 13.0. The van der Waals surface area contributed by atoms with Crippen LogP contribution in [0.5, 0.6) is 5.75 Å². The Bertz CT molecular complexity index is 1670. The number of benzene rings is 4. The van der Waals surface area contributed by atoms with Crippen molar-refractivity contribution in [1.29, 1.82) is 0 Å². The highest BCUT2D eigenvalue weighted by Crippen LogP contribution is 2.24. The Hall–Kier alpha value is -5.43. The lowest BCUT2D eigenvalue weighted by atomic mass is 9.97. The summed E-state index contributed by atoms with van der Waals surface area (Å²) in [6.07, 6.45) is 0. The van der Waals surface area contributed by atoms with Gasteiger partial charge in [-0.2, -0.15) is 0 Å². The van der Waals surface area contributed by atoms with E-state index in [4.69, 9.17) is 14.0 Å². The van der Waals surface area contributed by atoms with Gasteiger partial charge in [0.1, 0.15) is 30.4 Å². The Kier molecular flexibility index (Phi) is 8.35. The molecule has 1 N–H and O–H groups in total. The molecule has 0 saturated carbocycles. The van der Waals surface area contributed by atoms with E-state index in [1.807, 2.05) is 97.9 Å². The highest BCUT2D eigenvalue weighted by atomic mass is 16.6. The molecule has 0 atom stereocenters. The Labute approximate surface area is 238 Å². The van der Waals surface area contributed by atoms with E-state index in [9.17, 15) is 9.90 Å². The van der Waals surface area contributed by atoms with Gasteiger partial charge >= 0.3 is 5.97 Å². The van der Waals surface area contributed by atoms with Gasteiger partial charge in [-0.1, -0.05) is 90.6 Å². The number of hydrogen-bond acceptors (Lipinski definition) is 6. The summed E-state index contributed by atoms with van der Waals surface area (Å²) in [6.45, 7) is 6.38. The number of aromatic nitrogens is 1. The minimum absolute atomic E-state index is 0.0936. The van der Waals surface area contributed by atoms with Crippen LogP contribution in [0.25, 0.3) is 17.0 Å². The number of aliphatic carboxylic acids is 1. The number of oxazole rings is 1. The zero-order valence-electron chi connectivity index (χ0n) is 22.5. The second-order valence-electron chi connectivity index (χ2n) is 9.26. The molecule has 0 aliphatic rings. The predicted molar refractivity (Wildman–Crippen MR) is 157 cm³/mol. The van der Waals surface area contributed by atoms with Crippen molar-refractivity contribution in [2.45, 2.75) is 20.1 Å². The van der Waals surface area contributed by atoms with Gasteiger partial charge in [-0.3, -0.25) is 0 Å². The third-order valence-electron chi connectivity index (χ3n) is 6.41. The van der Waals surface area contributed by atoms with Gasteiger partial charge in [0, 0.05) is 11.1 Å². The molecular formula is C34H28N2O5. The lowest BCUT2D eigenvalue weighted by molar-refractivity contribution is -0.129. The number of ether oxygens (including phenoxy) is 1. The van der Waals surface area contributed by atoms with E-state index in [1.54, 1.807) is 18.2 Å². The lowest BCUT2D eigenvalue weighted by Crippen LogP contribution is -2.15. The number of hydrogen-bond donors (Lipinski definition) is 1. The summed E-state index contributed by atoms with van der Waals surface area (Å²) < 4.78 is 11.7. The molecule has 0 aliphatic heterocycles. The molecule has 7 nitrogen and oxygen atoms in total. The minimum atomic E-state index is -1.19. The summed E-state index contributed by atoms with van der Waals surface area (Å²) >= 11 is 0. The molecule has 1 aromatic heterocycles. The summed E-state index contributed by atoms with van der Waals surface area (Å²) in [5, 5.41) is 13.7. The number of rotatable bonds is 11. The molecule has 7 heteroatoms. The van der Waals surface area contributed by atoms with Crippen molar-refractivity contribution in [3.05, 3.63) is 149 Å². The van der Waals surface area contributed by atoms with Crippen molar-refractivity contribution in [2.75, 3.05) is 0 Å². The molecule has 0 spiro atoms. The molecule has 0 aliphatic carbocycles. The van der Waals surface area contributed by atoms with Crippen molar-refractivity contribution < 1.29 is 23.9 Å². The summed E-state index contributed by atoms with van der Waals surface area (Å²) in [7, 11) is 0. The summed E-state index contributed by atoms with van der Waals surface area (Å²) in [4.78, 5) is 22.0. The van der Waals surface area contributed by atoms with Crippen LogP contribution in [0, 0.1) is 6.92 Å². The van der Waals surface area contributed by atoms with Crippen LogP contribution in [0.15, 0.2) is 125 Å². The van der Waals surface area contributed by atoms with Gasteiger partial charge in [0.25, 0.3) is 0 Å². The highest BCUT2D eigenvalue weighted by Gasteiger charge is 2.16. The molecule has 0 saturated heterocycles. The first-order valence-electron chi connectivity index (χ1n) is 13.0. The number of oxime groups is 1. The van der Waals surface area contributed by atoms with Gasteiger partial charge in [-0.05, 0) is 59.5 Å². The van der Waals surface area contributed by atoms with E-state index in [1.165, 1.54) is 0 Å². The summed E-state index contributed by atoms with van der Waals surface area (Å²) in [5.74, 6) is 0.733. The van der Waals surface area contributed by atoms with E-state index in [2.05, 4.69) is 16.7 Å². The maximum atomic E-state index is 12.0. The van der Waals surface area contributed by atoms with E-state index in [0.29, 0.717) is 23.0 Å². The molecule has 41 heavy (non-hydrogen) atoms. The van der Waals surface area contributed by atoms with Crippen molar-refractivity contribution in [3.63, 3.8) is 0 Å². The van der Waals surface area contributed by atoms with Crippen LogP contribution in [0.2, 0.25) is 0 Å². The van der Waals surface area contributed by atoms with E-state index in [-0.39, 0.29) is 18.9 Å². The van der Waals surface area contributed by atoms with Crippen molar-refractivity contribution in [2.24, 2.45) is 5.16 Å². The third-order valence-corrected chi connectivity index (χ3v) is 6.41. The zero-order valence-corrected chi connectivity index (χ0v) is 22.5. The fourth-order valence-corrected chi connectivity index (χ4v) is 4.15. The molecule has 4 aromatic carbocycles. The Morgan fingerprint density at radius 2 is 1.51 bits per heavy atom. The molecule has 5 aromatic rings. The van der Waals surface area contributed by atoms with Gasteiger partial charge in [-0.15, -0.1) is 0 Å². The van der Waals surface area contributed by atoms with Gasteiger partial charge in [0.15, 0.2) is 5.71 Å². The third kappa shape index (κ3) is 6.78. The fourth-order valence-electron chi connectivity index (χ4n) is 4.15. The van der Waals surface area contributed by atoms with Gasteiger partial charge in [0.05, 0.1) is 0 Å². The van der Waals surface area contributed by atoms with Crippen LogP contribution in [-0.2, 0) is 22.8 Å². The fraction of sp³-hybridized carbons (Fsp3) is 0.0882. The second-order valence-corrected chi connectivity index (χ2v) is 9.26. The SMILES string of the molecule is C=C(c1ccccc1)c1cccc(C(=NOCc2ccc(OCc3nc(-c4ccccc4)oc3C)cc2)C(=O)O)c1. The standard InChI is InChI=1S/C34H28N2O5/c1-23(26-10-5-3-6-11-26)28-14-9-15-29(20-28)32(34(37)38)36-40-21-25-16-18-30(19-17-25)39-22-31-24(2)41-33(35-31)27-12-7-4-8-13-27/h3-20H,1,21-22H2,2H3,(H,37,38). The van der Waals surface area contributed by atoms with E-state index < -0.39 is 5.97 Å². The summed E-state index contributed by atoms with van der Waals surface area (Å²) in [5.41, 5.74) is 5.22. The summed E-state index contributed by atoms with van der Waals surface area (Å²) in [6, 6.07) is 33.8. The molecule has 1 heterocycles. The van der Waals surface area contributed by atoms with Crippen molar-refractivity contribution >= 4 is 17.3 Å². The number of carboxylic acid groups (broad SMARTS) is 1. The maximum Gasteiger partial charge on any atom is 0.358 e. The molecule has 0 radical (unpaired) electrons. The van der Waals surface area contributed by atoms with E-state index >= 15 is 0 Å². The van der Waals surface area contributed by atoms with Crippen LogP contribution >= 0.6 is 0 Å². The molecule has 0 amide bonds. The molecule has 204 valence electrons. The zero-order chi connectivity index (χ0) is 28.6. The first-order chi connectivity index (χ1) is 20.0. The Morgan fingerprint density at radius 3 is 2.22 bits per heavy atom.